The number of hydrogen-bond acceptors (Lipinski definition) is 5. The Morgan fingerprint density at radius 3 is 2.29 bits per heavy atom. The fourth-order valence-electron chi connectivity index (χ4n) is 1.55. The van der Waals surface area contributed by atoms with Crippen molar-refractivity contribution in [1.82, 2.24) is 4.72 Å². The second-order valence-corrected chi connectivity index (χ2v) is 8.69. The molecule has 0 bridgehead atoms. The van der Waals surface area contributed by atoms with E-state index in [1.165, 1.54) is 0 Å². The lowest BCUT2D eigenvalue weighted by molar-refractivity contribution is 0.451. The molecule has 0 aromatic heterocycles. The van der Waals surface area contributed by atoms with Crippen LogP contribution in [0.1, 0.15) is 13.8 Å². The predicted molar refractivity (Wildman–Crippen MR) is 77.5 cm³/mol. The summed E-state index contributed by atoms with van der Waals surface area (Å²) in [6, 6.07) is 2.14. The van der Waals surface area contributed by atoms with E-state index < -0.39 is 36.6 Å². The maximum absolute atomic E-state index is 13.7. The van der Waals surface area contributed by atoms with Crippen LogP contribution in [0.5, 0.6) is 0 Å². The Bertz CT molecular complexity index is 717. The van der Waals surface area contributed by atoms with Crippen LogP contribution in [0.15, 0.2) is 28.0 Å². The third-order valence-corrected chi connectivity index (χ3v) is 5.87. The van der Waals surface area contributed by atoms with E-state index in [4.69, 9.17) is 5.73 Å². The summed E-state index contributed by atoms with van der Waals surface area (Å²) < 4.78 is 63.3. The topological polar surface area (TPSA) is 106 Å². The van der Waals surface area contributed by atoms with Crippen molar-refractivity contribution in [1.29, 1.82) is 0 Å². The van der Waals surface area contributed by atoms with E-state index in [0.717, 1.165) is 24.5 Å². The van der Waals surface area contributed by atoms with Crippen molar-refractivity contribution in [2.24, 2.45) is 11.7 Å². The number of hydrogen-bond donors (Lipinski definition) is 2. The minimum atomic E-state index is -4.17. The van der Waals surface area contributed by atoms with Crippen molar-refractivity contribution < 1.29 is 21.2 Å². The third-order valence-electron chi connectivity index (χ3n) is 3.19. The molecule has 9 heteroatoms. The van der Waals surface area contributed by atoms with Crippen LogP contribution in [-0.4, -0.2) is 35.7 Å². The molecule has 0 saturated carbocycles. The van der Waals surface area contributed by atoms with Crippen LogP contribution >= 0.6 is 0 Å². The van der Waals surface area contributed by atoms with Crippen LogP contribution in [0.3, 0.4) is 0 Å². The van der Waals surface area contributed by atoms with Crippen molar-refractivity contribution in [3.8, 4) is 0 Å². The second kappa shape index (κ2) is 6.39. The summed E-state index contributed by atoms with van der Waals surface area (Å²) in [4.78, 5) is -0.953. The van der Waals surface area contributed by atoms with Gasteiger partial charge in [0.15, 0.2) is 9.84 Å². The smallest absolute Gasteiger partial charge is 0.243 e. The van der Waals surface area contributed by atoms with Gasteiger partial charge in [-0.1, -0.05) is 6.92 Å². The minimum absolute atomic E-state index is 0.152. The molecule has 2 unspecified atom stereocenters. The molecule has 1 aromatic carbocycles. The first-order valence-corrected chi connectivity index (χ1v) is 9.58. The zero-order chi connectivity index (χ0) is 16.4. The highest BCUT2D eigenvalue weighted by Gasteiger charge is 2.25. The summed E-state index contributed by atoms with van der Waals surface area (Å²) >= 11 is 0. The number of benzene rings is 1. The SMILES string of the molecule is CC(CN)C(C)NS(=O)(=O)c1cc(S(C)(=O)=O)ccc1F. The van der Waals surface area contributed by atoms with Gasteiger partial charge in [-0.05, 0) is 37.6 Å². The summed E-state index contributed by atoms with van der Waals surface area (Å²) in [6.07, 6.45) is 0.920. The Morgan fingerprint density at radius 1 is 1.24 bits per heavy atom. The molecule has 0 aliphatic carbocycles. The van der Waals surface area contributed by atoms with Crippen LogP contribution in [0.2, 0.25) is 0 Å². The van der Waals surface area contributed by atoms with Crippen molar-refractivity contribution in [3.05, 3.63) is 24.0 Å². The van der Waals surface area contributed by atoms with E-state index >= 15 is 0 Å². The Morgan fingerprint density at radius 2 is 1.81 bits per heavy atom. The van der Waals surface area contributed by atoms with E-state index in [0.29, 0.717) is 0 Å². The molecule has 0 aliphatic rings. The summed E-state index contributed by atoms with van der Waals surface area (Å²) in [5, 5.41) is 0. The Hall–Kier alpha value is -1.03. The fourth-order valence-corrected chi connectivity index (χ4v) is 3.73. The molecule has 0 saturated heterocycles. The van der Waals surface area contributed by atoms with Gasteiger partial charge in [0, 0.05) is 12.3 Å². The van der Waals surface area contributed by atoms with Gasteiger partial charge < -0.3 is 5.73 Å². The molecule has 3 N–H and O–H groups in total. The number of sulfonamides is 1. The maximum atomic E-state index is 13.7. The third kappa shape index (κ3) is 4.47. The lowest BCUT2D eigenvalue weighted by Gasteiger charge is -2.20. The zero-order valence-corrected chi connectivity index (χ0v) is 13.6. The van der Waals surface area contributed by atoms with Crippen LogP contribution in [-0.2, 0) is 19.9 Å². The van der Waals surface area contributed by atoms with E-state index in [2.05, 4.69) is 4.72 Å². The molecule has 0 spiro atoms. The lowest BCUT2D eigenvalue weighted by atomic mass is 10.1. The van der Waals surface area contributed by atoms with E-state index in [-0.39, 0.29) is 17.4 Å². The second-order valence-electron chi connectivity index (χ2n) is 4.99. The van der Waals surface area contributed by atoms with Crippen LogP contribution in [0.25, 0.3) is 0 Å². The lowest BCUT2D eigenvalue weighted by Crippen LogP contribution is -2.40. The largest absolute Gasteiger partial charge is 0.330 e. The number of halogens is 1. The molecule has 0 fully saturated rings. The van der Waals surface area contributed by atoms with Gasteiger partial charge >= 0.3 is 0 Å². The van der Waals surface area contributed by atoms with Gasteiger partial charge in [-0.3, -0.25) is 0 Å². The van der Waals surface area contributed by atoms with Crippen molar-refractivity contribution in [2.45, 2.75) is 29.7 Å². The van der Waals surface area contributed by atoms with Gasteiger partial charge in [-0.15, -0.1) is 0 Å². The highest BCUT2D eigenvalue weighted by atomic mass is 32.2. The first kappa shape index (κ1) is 18.0. The Labute approximate surface area is 124 Å². The van der Waals surface area contributed by atoms with Crippen molar-refractivity contribution >= 4 is 19.9 Å². The molecule has 1 aromatic rings. The van der Waals surface area contributed by atoms with Crippen molar-refractivity contribution in [2.75, 3.05) is 12.8 Å². The predicted octanol–water partition coefficient (Wildman–Crippen LogP) is 0.491. The molecular weight excluding hydrogens is 319 g/mol. The van der Waals surface area contributed by atoms with Gasteiger partial charge in [0.25, 0.3) is 0 Å². The molecule has 0 heterocycles. The molecule has 21 heavy (non-hydrogen) atoms. The van der Waals surface area contributed by atoms with Gasteiger partial charge in [-0.2, -0.15) is 0 Å². The summed E-state index contributed by atoms with van der Waals surface area (Å²) in [7, 11) is -7.80. The average molecular weight is 338 g/mol. The molecular formula is C12H19FN2O4S2. The van der Waals surface area contributed by atoms with Gasteiger partial charge in [-0.25, -0.2) is 25.9 Å². The van der Waals surface area contributed by atoms with E-state index in [1.54, 1.807) is 13.8 Å². The average Bonchev–Trinajstić information content (AvgIpc) is 2.35. The van der Waals surface area contributed by atoms with Crippen LogP contribution in [0, 0.1) is 11.7 Å². The quantitative estimate of drug-likeness (QED) is 0.734. The molecule has 0 amide bonds. The van der Waals surface area contributed by atoms with Crippen LogP contribution < -0.4 is 10.5 Å². The molecule has 120 valence electrons. The maximum Gasteiger partial charge on any atom is 0.243 e. The summed E-state index contributed by atoms with van der Waals surface area (Å²) in [6.45, 7) is 3.61. The van der Waals surface area contributed by atoms with Gasteiger partial charge in [0.05, 0.1) is 4.90 Å². The zero-order valence-electron chi connectivity index (χ0n) is 12.0. The highest BCUT2D eigenvalue weighted by molar-refractivity contribution is 7.91. The Balaban J connectivity index is 3.26. The monoisotopic (exact) mass is 338 g/mol. The number of nitrogens with two attached hydrogens (primary N) is 1. The molecule has 6 nitrogen and oxygen atoms in total. The van der Waals surface area contributed by atoms with E-state index in [1.807, 2.05) is 0 Å². The number of nitrogens with one attached hydrogen (secondary N) is 1. The number of rotatable bonds is 6. The van der Waals surface area contributed by atoms with Crippen molar-refractivity contribution in [3.63, 3.8) is 0 Å². The molecule has 2 atom stereocenters. The fraction of sp³-hybridized carbons (Fsp3) is 0.500. The molecule has 0 aliphatic heterocycles. The van der Waals surface area contributed by atoms with E-state index in [9.17, 15) is 21.2 Å². The normalized spacial score (nSPS) is 15.7. The standard InChI is InChI=1S/C12H19FN2O4S2/c1-8(7-14)9(2)15-21(18,19)12-6-10(20(3,16)17)4-5-11(12)13/h4-6,8-9,15H,7,14H2,1-3H3. The first-order valence-electron chi connectivity index (χ1n) is 6.21. The Kier molecular flexibility index (Phi) is 5.48. The van der Waals surface area contributed by atoms with Crippen LogP contribution in [0.4, 0.5) is 4.39 Å². The first-order chi connectivity index (χ1) is 9.49. The molecule has 1 rings (SSSR count). The minimum Gasteiger partial charge on any atom is -0.330 e. The summed E-state index contributed by atoms with van der Waals surface area (Å²) in [5.41, 5.74) is 5.45. The van der Waals surface area contributed by atoms with Gasteiger partial charge in [0.1, 0.15) is 10.7 Å². The summed E-state index contributed by atoms with van der Waals surface area (Å²) in [5.74, 6) is -1.16. The highest BCUT2D eigenvalue weighted by Crippen LogP contribution is 2.20. The molecule has 0 radical (unpaired) electrons. The number of sulfone groups is 1. The van der Waals surface area contributed by atoms with Gasteiger partial charge in [0.2, 0.25) is 10.0 Å².